The monoisotopic (exact) mass is 278 g/mol. The Morgan fingerprint density at radius 2 is 2.15 bits per heavy atom. The third kappa shape index (κ3) is 2.30. The molecule has 110 valence electrons. The van der Waals surface area contributed by atoms with Gasteiger partial charge in [0.15, 0.2) is 0 Å². The molecule has 0 unspecified atom stereocenters. The lowest BCUT2D eigenvalue weighted by Gasteiger charge is -2.35. The van der Waals surface area contributed by atoms with E-state index in [2.05, 4.69) is 5.10 Å². The first-order chi connectivity index (χ1) is 9.40. The van der Waals surface area contributed by atoms with E-state index < -0.39 is 5.54 Å². The van der Waals surface area contributed by atoms with Gasteiger partial charge in [-0.05, 0) is 32.8 Å². The number of carbonyl (C=O) groups excluding carboxylic acids is 2. The van der Waals surface area contributed by atoms with Crippen LogP contribution in [0.15, 0.2) is 12.3 Å². The quantitative estimate of drug-likeness (QED) is 0.828. The predicted octanol–water partition coefficient (Wildman–Crippen LogP) is 0.986. The van der Waals surface area contributed by atoms with Crippen molar-refractivity contribution in [3.05, 3.63) is 18.0 Å². The molecule has 6 nitrogen and oxygen atoms in total. The molecular weight excluding hydrogens is 256 g/mol. The minimum atomic E-state index is -0.753. The Bertz CT molecular complexity index is 523. The highest BCUT2D eigenvalue weighted by Gasteiger charge is 2.47. The fraction of sp³-hybridized carbons (Fsp3) is 0.643. The molecule has 0 bridgehead atoms. The SMILES string of the molecule is CCn1ccc(C(=O)N2CCC[C@@]2(C)C(=O)N(C)C)n1. The molecule has 1 fully saturated rings. The number of likely N-dealkylation sites (N-methyl/N-ethyl adjacent to an activating group) is 1. The van der Waals surface area contributed by atoms with Crippen molar-refractivity contribution in [2.75, 3.05) is 20.6 Å². The molecule has 2 heterocycles. The number of aromatic nitrogens is 2. The fourth-order valence-corrected chi connectivity index (χ4v) is 2.78. The molecule has 0 saturated carbocycles. The van der Waals surface area contributed by atoms with Gasteiger partial charge in [0.25, 0.3) is 5.91 Å². The van der Waals surface area contributed by atoms with Crippen molar-refractivity contribution in [1.29, 1.82) is 0 Å². The van der Waals surface area contributed by atoms with E-state index >= 15 is 0 Å². The van der Waals surface area contributed by atoms with Gasteiger partial charge in [-0.25, -0.2) is 0 Å². The van der Waals surface area contributed by atoms with E-state index in [4.69, 9.17) is 0 Å². The van der Waals surface area contributed by atoms with Crippen molar-refractivity contribution in [2.24, 2.45) is 0 Å². The second kappa shape index (κ2) is 5.26. The summed E-state index contributed by atoms with van der Waals surface area (Å²) >= 11 is 0. The van der Waals surface area contributed by atoms with E-state index in [-0.39, 0.29) is 11.8 Å². The largest absolute Gasteiger partial charge is 0.347 e. The van der Waals surface area contributed by atoms with Gasteiger partial charge >= 0.3 is 0 Å². The van der Waals surface area contributed by atoms with E-state index in [1.165, 1.54) is 0 Å². The number of hydrogen-bond donors (Lipinski definition) is 0. The summed E-state index contributed by atoms with van der Waals surface area (Å²) in [6, 6.07) is 1.71. The van der Waals surface area contributed by atoms with Crippen LogP contribution in [0, 0.1) is 0 Å². The number of hydrogen-bond acceptors (Lipinski definition) is 3. The Kier molecular flexibility index (Phi) is 3.83. The van der Waals surface area contributed by atoms with Crippen LogP contribution >= 0.6 is 0 Å². The van der Waals surface area contributed by atoms with E-state index in [9.17, 15) is 9.59 Å². The molecule has 0 N–H and O–H groups in total. The number of rotatable bonds is 3. The van der Waals surface area contributed by atoms with E-state index in [1.54, 1.807) is 40.8 Å². The highest BCUT2D eigenvalue weighted by atomic mass is 16.2. The van der Waals surface area contributed by atoms with Crippen LogP contribution < -0.4 is 0 Å². The summed E-state index contributed by atoms with van der Waals surface area (Å²) in [4.78, 5) is 28.2. The molecule has 6 heteroatoms. The number of aryl methyl sites for hydroxylation is 1. The predicted molar refractivity (Wildman–Crippen MR) is 75.3 cm³/mol. The first-order valence-corrected chi connectivity index (χ1v) is 6.97. The number of amides is 2. The molecule has 1 atom stereocenters. The van der Waals surface area contributed by atoms with Crippen molar-refractivity contribution >= 4 is 11.8 Å². The summed E-state index contributed by atoms with van der Waals surface area (Å²) in [5.74, 6) is -0.189. The molecule has 0 spiro atoms. The van der Waals surface area contributed by atoms with Gasteiger partial charge < -0.3 is 9.80 Å². The molecule has 1 aromatic heterocycles. The number of likely N-dealkylation sites (tertiary alicyclic amines) is 1. The summed E-state index contributed by atoms with van der Waals surface area (Å²) in [5.41, 5.74) is -0.345. The minimum Gasteiger partial charge on any atom is -0.347 e. The second-order valence-electron chi connectivity index (χ2n) is 5.59. The summed E-state index contributed by atoms with van der Waals surface area (Å²) < 4.78 is 1.72. The molecule has 1 saturated heterocycles. The Labute approximate surface area is 119 Å². The molecule has 0 aromatic carbocycles. The first kappa shape index (κ1) is 14.6. The van der Waals surface area contributed by atoms with Crippen LogP contribution in [0.5, 0.6) is 0 Å². The second-order valence-corrected chi connectivity index (χ2v) is 5.59. The minimum absolute atomic E-state index is 0.0294. The van der Waals surface area contributed by atoms with Crippen molar-refractivity contribution < 1.29 is 9.59 Å². The van der Waals surface area contributed by atoms with Gasteiger partial charge in [-0.1, -0.05) is 0 Å². The van der Waals surface area contributed by atoms with Crippen LogP contribution in [0.3, 0.4) is 0 Å². The summed E-state index contributed by atoms with van der Waals surface area (Å²) in [7, 11) is 3.45. The Hall–Kier alpha value is -1.85. The standard InChI is InChI=1S/C14H22N4O2/c1-5-17-10-7-11(15-17)12(19)18-9-6-8-14(18,2)13(20)16(3)4/h7,10H,5-6,8-9H2,1-4H3/t14-/m0/s1. The molecular formula is C14H22N4O2. The topological polar surface area (TPSA) is 58.4 Å². The van der Waals surface area contributed by atoms with E-state index in [0.717, 1.165) is 13.0 Å². The van der Waals surface area contributed by atoms with Gasteiger partial charge in [-0.2, -0.15) is 5.10 Å². The molecule has 1 aromatic rings. The summed E-state index contributed by atoms with van der Waals surface area (Å²) in [5, 5.41) is 4.24. The van der Waals surface area contributed by atoms with Crippen molar-refractivity contribution in [1.82, 2.24) is 19.6 Å². The van der Waals surface area contributed by atoms with Crippen LogP contribution in [0.25, 0.3) is 0 Å². The van der Waals surface area contributed by atoms with Crippen LogP contribution in [0.1, 0.15) is 37.2 Å². The number of carbonyl (C=O) groups is 2. The molecule has 1 aliphatic heterocycles. The number of nitrogens with zero attached hydrogens (tertiary/aromatic N) is 4. The van der Waals surface area contributed by atoms with Crippen molar-refractivity contribution in [2.45, 2.75) is 38.8 Å². The molecule has 20 heavy (non-hydrogen) atoms. The molecule has 2 rings (SSSR count). The third-order valence-electron chi connectivity index (χ3n) is 3.94. The molecule has 0 aliphatic carbocycles. The normalized spacial score (nSPS) is 22.1. The Balaban J connectivity index is 2.26. The molecule has 0 radical (unpaired) electrons. The lowest BCUT2D eigenvalue weighted by Crippen LogP contribution is -2.55. The smallest absolute Gasteiger partial charge is 0.275 e. The maximum atomic E-state index is 12.6. The average molecular weight is 278 g/mol. The highest BCUT2D eigenvalue weighted by molar-refractivity contribution is 5.98. The van der Waals surface area contributed by atoms with Gasteiger partial charge in [0.1, 0.15) is 11.2 Å². The highest BCUT2D eigenvalue weighted by Crippen LogP contribution is 2.31. The third-order valence-corrected chi connectivity index (χ3v) is 3.94. The average Bonchev–Trinajstić information content (AvgIpc) is 3.04. The fourth-order valence-electron chi connectivity index (χ4n) is 2.78. The molecule has 1 aliphatic rings. The van der Waals surface area contributed by atoms with Crippen molar-refractivity contribution in [3.8, 4) is 0 Å². The van der Waals surface area contributed by atoms with Gasteiger partial charge in [0.05, 0.1) is 0 Å². The summed E-state index contributed by atoms with van der Waals surface area (Å²) in [6.45, 7) is 5.14. The Morgan fingerprint density at radius 1 is 1.45 bits per heavy atom. The van der Waals surface area contributed by atoms with Crippen molar-refractivity contribution in [3.63, 3.8) is 0 Å². The van der Waals surface area contributed by atoms with Crippen LogP contribution in [-0.4, -0.2) is 57.6 Å². The van der Waals surface area contributed by atoms with Crippen LogP contribution in [0.2, 0.25) is 0 Å². The lowest BCUT2D eigenvalue weighted by molar-refractivity contribution is -0.138. The van der Waals surface area contributed by atoms with Gasteiger partial charge in [0.2, 0.25) is 5.91 Å². The summed E-state index contributed by atoms with van der Waals surface area (Å²) in [6.07, 6.45) is 3.33. The maximum absolute atomic E-state index is 12.6. The van der Waals surface area contributed by atoms with E-state index in [0.29, 0.717) is 18.7 Å². The zero-order chi connectivity index (χ0) is 14.9. The lowest BCUT2D eigenvalue weighted by atomic mass is 9.97. The van der Waals surface area contributed by atoms with E-state index in [1.807, 2.05) is 13.8 Å². The first-order valence-electron chi connectivity index (χ1n) is 6.97. The van der Waals surface area contributed by atoms with Crippen LogP contribution in [0.4, 0.5) is 0 Å². The van der Waals surface area contributed by atoms with Gasteiger partial charge in [-0.15, -0.1) is 0 Å². The zero-order valence-corrected chi connectivity index (χ0v) is 12.6. The van der Waals surface area contributed by atoms with Crippen LogP contribution in [-0.2, 0) is 11.3 Å². The zero-order valence-electron chi connectivity index (χ0n) is 12.6. The molecule has 2 amide bonds. The van der Waals surface area contributed by atoms with Gasteiger partial charge in [0, 0.05) is 33.4 Å². The Morgan fingerprint density at radius 3 is 2.70 bits per heavy atom. The van der Waals surface area contributed by atoms with Gasteiger partial charge in [-0.3, -0.25) is 14.3 Å². The maximum Gasteiger partial charge on any atom is 0.275 e.